The van der Waals surface area contributed by atoms with Crippen molar-refractivity contribution >= 4 is 34.6 Å². The molecule has 0 unspecified atom stereocenters. The van der Waals surface area contributed by atoms with Crippen LogP contribution in [0.5, 0.6) is 0 Å². The number of hydrogen-bond acceptors (Lipinski definition) is 2. The Balaban J connectivity index is 2.70. The van der Waals surface area contributed by atoms with Crippen molar-refractivity contribution in [1.29, 1.82) is 0 Å². The summed E-state index contributed by atoms with van der Waals surface area (Å²) < 4.78 is 0. The zero-order chi connectivity index (χ0) is 9.26. The fourth-order valence-corrected chi connectivity index (χ4v) is 1.39. The smallest absolute Gasteiger partial charge is 0.211 e. The normalized spacial score (nSPS) is 10.2. The van der Waals surface area contributed by atoms with Gasteiger partial charge < -0.3 is 5.32 Å². The molecule has 1 heterocycles. The lowest BCUT2D eigenvalue weighted by Crippen LogP contribution is -1.94. The van der Waals surface area contributed by atoms with Crippen LogP contribution in [0.2, 0.25) is 5.02 Å². The molecular formula is C8H6ClN3O. The summed E-state index contributed by atoms with van der Waals surface area (Å²) in [6, 6.07) is 3.43. The largest absolute Gasteiger partial charge is 0.327 e. The van der Waals surface area contributed by atoms with Crippen molar-refractivity contribution in [3.8, 4) is 0 Å². The molecule has 0 radical (unpaired) electrons. The van der Waals surface area contributed by atoms with E-state index in [9.17, 15) is 4.79 Å². The van der Waals surface area contributed by atoms with Crippen LogP contribution < -0.4 is 5.32 Å². The Labute approximate surface area is 78.9 Å². The first-order valence-corrected chi connectivity index (χ1v) is 4.02. The van der Waals surface area contributed by atoms with Crippen molar-refractivity contribution in [2.24, 2.45) is 0 Å². The first-order chi connectivity index (χ1) is 6.33. The molecule has 2 N–H and O–H groups in total. The number of amides is 1. The Morgan fingerprint density at radius 2 is 2.38 bits per heavy atom. The Hall–Kier alpha value is -1.55. The summed E-state index contributed by atoms with van der Waals surface area (Å²) in [6.45, 7) is 0. The molecule has 0 aliphatic rings. The highest BCUT2D eigenvalue weighted by Crippen LogP contribution is 2.27. The van der Waals surface area contributed by atoms with Gasteiger partial charge in [-0.2, -0.15) is 5.10 Å². The minimum atomic E-state index is 0.611. The molecule has 0 saturated heterocycles. The van der Waals surface area contributed by atoms with Crippen LogP contribution in [0.1, 0.15) is 0 Å². The number of carbonyl (C=O) groups is 1. The predicted octanol–water partition coefficient (Wildman–Crippen LogP) is 1.78. The van der Waals surface area contributed by atoms with Crippen molar-refractivity contribution in [3.63, 3.8) is 0 Å². The van der Waals surface area contributed by atoms with Gasteiger partial charge in [-0.25, -0.2) is 0 Å². The van der Waals surface area contributed by atoms with Crippen molar-refractivity contribution in [3.05, 3.63) is 23.4 Å². The number of carbonyl (C=O) groups excluding carboxylic acids is 1. The maximum Gasteiger partial charge on any atom is 0.211 e. The van der Waals surface area contributed by atoms with Crippen LogP contribution in [-0.2, 0) is 4.79 Å². The summed E-state index contributed by atoms with van der Waals surface area (Å²) in [4.78, 5) is 10.2. The first kappa shape index (κ1) is 8.07. The number of benzene rings is 1. The van der Waals surface area contributed by atoms with Crippen LogP contribution in [0, 0.1) is 0 Å². The molecule has 13 heavy (non-hydrogen) atoms. The molecule has 1 amide bonds. The van der Waals surface area contributed by atoms with Gasteiger partial charge in [0.1, 0.15) is 0 Å². The van der Waals surface area contributed by atoms with Gasteiger partial charge >= 0.3 is 0 Å². The van der Waals surface area contributed by atoms with Crippen molar-refractivity contribution in [2.75, 3.05) is 5.32 Å². The topological polar surface area (TPSA) is 57.8 Å². The summed E-state index contributed by atoms with van der Waals surface area (Å²) in [6.07, 6.45) is 2.23. The fraction of sp³-hybridized carbons (Fsp3) is 0. The molecule has 2 aromatic rings. The van der Waals surface area contributed by atoms with Gasteiger partial charge in [-0.3, -0.25) is 9.89 Å². The summed E-state index contributed by atoms with van der Waals surface area (Å²) in [5, 5.41) is 10.6. The molecule has 1 aromatic carbocycles. The quantitative estimate of drug-likeness (QED) is 0.718. The van der Waals surface area contributed by atoms with Crippen molar-refractivity contribution < 1.29 is 4.79 Å². The van der Waals surface area contributed by atoms with E-state index in [1.807, 2.05) is 0 Å². The van der Waals surface area contributed by atoms with Crippen LogP contribution in [0.25, 0.3) is 10.9 Å². The molecule has 0 saturated carbocycles. The van der Waals surface area contributed by atoms with Crippen molar-refractivity contribution in [2.45, 2.75) is 0 Å². The third kappa shape index (κ3) is 1.25. The van der Waals surface area contributed by atoms with E-state index in [1.54, 1.807) is 18.3 Å². The molecule has 0 aliphatic carbocycles. The van der Waals surface area contributed by atoms with Gasteiger partial charge in [0.05, 0.1) is 22.4 Å². The SMILES string of the molecule is O=CNc1ccc(Cl)c2cn[nH]c12. The average Bonchev–Trinajstić information content (AvgIpc) is 2.59. The number of aromatic amines is 1. The minimum absolute atomic E-state index is 0.611. The van der Waals surface area contributed by atoms with E-state index in [2.05, 4.69) is 15.5 Å². The van der Waals surface area contributed by atoms with Crippen molar-refractivity contribution in [1.82, 2.24) is 10.2 Å². The van der Waals surface area contributed by atoms with E-state index < -0.39 is 0 Å². The molecule has 66 valence electrons. The van der Waals surface area contributed by atoms with Gasteiger partial charge in [-0.05, 0) is 12.1 Å². The van der Waals surface area contributed by atoms with Crippen LogP contribution >= 0.6 is 11.6 Å². The highest BCUT2D eigenvalue weighted by Gasteiger charge is 2.05. The van der Waals surface area contributed by atoms with E-state index in [1.165, 1.54) is 0 Å². The second kappa shape index (κ2) is 3.06. The highest BCUT2D eigenvalue weighted by molar-refractivity contribution is 6.35. The Kier molecular flexibility index (Phi) is 1.90. The van der Waals surface area contributed by atoms with Crippen LogP contribution in [0.4, 0.5) is 5.69 Å². The summed E-state index contributed by atoms with van der Waals surface area (Å²) in [7, 11) is 0. The molecule has 4 nitrogen and oxygen atoms in total. The van der Waals surface area contributed by atoms with E-state index in [0.29, 0.717) is 17.1 Å². The third-order valence-corrected chi connectivity index (χ3v) is 2.11. The Morgan fingerprint density at radius 3 is 3.15 bits per heavy atom. The number of fused-ring (bicyclic) bond motifs is 1. The zero-order valence-corrected chi connectivity index (χ0v) is 7.30. The number of hydrogen-bond donors (Lipinski definition) is 2. The molecule has 0 bridgehead atoms. The number of aromatic nitrogens is 2. The third-order valence-electron chi connectivity index (χ3n) is 1.78. The van der Waals surface area contributed by atoms with Gasteiger partial charge in [0.2, 0.25) is 6.41 Å². The van der Waals surface area contributed by atoms with E-state index in [4.69, 9.17) is 11.6 Å². The van der Waals surface area contributed by atoms with Gasteiger partial charge in [0, 0.05) is 5.39 Å². The van der Waals surface area contributed by atoms with Crippen LogP contribution in [0.15, 0.2) is 18.3 Å². The summed E-state index contributed by atoms with van der Waals surface area (Å²) >= 11 is 5.89. The van der Waals surface area contributed by atoms with Gasteiger partial charge in [-0.15, -0.1) is 0 Å². The molecule has 0 spiro atoms. The first-order valence-electron chi connectivity index (χ1n) is 3.64. The summed E-state index contributed by atoms with van der Waals surface area (Å²) in [5.41, 5.74) is 1.41. The van der Waals surface area contributed by atoms with Crippen LogP contribution in [-0.4, -0.2) is 16.6 Å². The van der Waals surface area contributed by atoms with E-state index in [0.717, 1.165) is 10.9 Å². The number of halogens is 1. The molecular weight excluding hydrogens is 190 g/mol. The Morgan fingerprint density at radius 1 is 1.54 bits per heavy atom. The number of anilines is 1. The number of rotatable bonds is 2. The Bertz CT molecular complexity index is 452. The number of H-pyrrole nitrogens is 1. The molecule has 5 heteroatoms. The lowest BCUT2D eigenvalue weighted by atomic mass is 10.2. The predicted molar refractivity (Wildman–Crippen MR) is 50.8 cm³/mol. The number of nitrogens with one attached hydrogen (secondary N) is 2. The van der Waals surface area contributed by atoms with E-state index in [-0.39, 0.29) is 0 Å². The second-order valence-corrected chi connectivity index (χ2v) is 2.92. The van der Waals surface area contributed by atoms with Gasteiger partial charge in [-0.1, -0.05) is 11.6 Å². The lowest BCUT2D eigenvalue weighted by molar-refractivity contribution is -0.105. The fourth-order valence-electron chi connectivity index (χ4n) is 1.19. The van der Waals surface area contributed by atoms with Gasteiger partial charge in [0.15, 0.2) is 0 Å². The van der Waals surface area contributed by atoms with Gasteiger partial charge in [0.25, 0.3) is 0 Å². The monoisotopic (exact) mass is 195 g/mol. The standard InChI is InChI=1S/C8H6ClN3O/c9-6-1-2-7(10-4-13)8-5(6)3-11-12-8/h1-4H,(H,10,13)(H,11,12). The molecule has 1 aromatic heterocycles. The summed E-state index contributed by atoms with van der Waals surface area (Å²) in [5.74, 6) is 0. The maximum atomic E-state index is 10.2. The highest BCUT2D eigenvalue weighted by atomic mass is 35.5. The molecule has 0 aliphatic heterocycles. The minimum Gasteiger partial charge on any atom is -0.327 e. The number of nitrogens with zero attached hydrogens (tertiary/aromatic N) is 1. The average molecular weight is 196 g/mol. The van der Waals surface area contributed by atoms with Crippen LogP contribution in [0.3, 0.4) is 0 Å². The van der Waals surface area contributed by atoms with E-state index >= 15 is 0 Å². The zero-order valence-electron chi connectivity index (χ0n) is 6.54. The maximum absolute atomic E-state index is 10.2. The second-order valence-electron chi connectivity index (χ2n) is 2.52. The lowest BCUT2D eigenvalue weighted by Gasteiger charge is -2.00. The molecule has 0 atom stereocenters. The molecule has 0 fully saturated rings. The molecule has 2 rings (SSSR count).